The fraction of sp³-hybridized carbons (Fsp3) is 0.0909. The summed E-state index contributed by atoms with van der Waals surface area (Å²) in [4.78, 5) is 8.19. The largest absolute Gasteiger partial charge is 0.336 e. The van der Waals surface area contributed by atoms with Crippen molar-refractivity contribution in [3.05, 3.63) is 45.5 Å². The quantitative estimate of drug-likeness (QED) is 0.848. The van der Waals surface area contributed by atoms with E-state index >= 15 is 0 Å². The van der Waals surface area contributed by atoms with Gasteiger partial charge in [0, 0.05) is 6.07 Å². The molecule has 17 heavy (non-hydrogen) atoms. The molecule has 0 fully saturated rings. The molecule has 0 radical (unpaired) electrons. The Bertz CT molecular complexity index is 522. The van der Waals surface area contributed by atoms with Crippen LogP contribution in [0.3, 0.4) is 0 Å². The molecule has 0 amide bonds. The average Bonchev–Trinajstić information content (AvgIpc) is 2.22. The Balaban J connectivity index is 2.38. The maximum Gasteiger partial charge on any atom is 0.148 e. The smallest absolute Gasteiger partial charge is 0.148 e. The van der Waals surface area contributed by atoms with E-state index in [-0.39, 0.29) is 5.69 Å². The Kier molecular flexibility index (Phi) is 3.59. The number of halogens is 3. The van der Waals surface area contributed by atoms with Crippen LogP contribution in [-0.4, -0.2) is 9.97 Å². The lowest BCUT2D eigenvalue weighted by atomic mass is 10.3. The first-order valence-electron chi connectivity index (χ1n) is 4.78. The highest BCUT2D eigenvalue weighted by Crippen LogP contribution is 2.27. The molecule has 0 saturated carbocycles. The van der Waals surface area contributed by atoms with Crippen LogP contribution < -0.4 is 5.32 Å². The topological polar surface area (TPSA) is 37.8 Å². The zero-order valence-corrected chi connectivity index (χ0v) is 11.2. The number of hydrogen-bond acceptors (Lipinski definition) is 3. The van der Waals surface area contributed by atoms with Gasteiger partial charge in [-0.1, -0.05) is 17.7 Å². The third-order valence-electron chi connectivity index (χ3n) is 2.02. The van der Waals surface area contributed by atoms with Gasteiger partial charge in [0.15, 0.2) is 0 Å². The van der Waals surface area contributed by atoms with E-state index in [4.69, 9.17) is 11.6 Å². The molecule has 2 rings (SSSR count). The molecule has 1 heterocycles. The van der Waals surface area contributed by atoms with E-state index < -0.39 is 5.82 Å². The molecule has 0 aliphatic carbocycles. The minimum absolute atomic E-state index is 0.208. The molecular formula is C11H8BrClFN3. The molecule has 0 atom stereocenters. The summed E-state index contributed by atoms with van der Waals surface area (Å²) in [7, 11) is 0. The monoisotopic (exact) mass is 315 g/mol. The van der Waals surface area contributed by atoms with Gasteiger partial charge in [0.25, 0.3) is 0 Å². The Morgan fingerprint density at radius 1 is 1.35 bits per heavy atom. The molecule has 0 aliphatic rings. The highest BCUT2D eigenvalue weighted by Gasteiger charge is 2.08. The molecule has 0 spiro atoms. The van der Waals surface area contributed by atoms with Crippen LogP contribution in [-0.2, 0) is 0 Å². The fourth-order valence-corrected chi connectivity index (χ4v) is 2.02. The standard InChI is InChI=1S/C11H8BrClFN3/c1-6-15-9(12)5-10(16-6)17-11-7(13)3-2-4-8(11)14/h2-5H,1H3,(H,15,16,17). The second-order valence-corrected chi connectivity index (χ2v) is 4.56. The first-order valence-corrected chi connectivity index (χ1v) is 5.95. The van der Waals surface area contributed by atoms with Crippen LogP contribution in [0.4, 0.5) is 15.9 Å². The summed E-state index contributed by atoms with van der Waals surface area (Å²) < 4.78 is 14.2. The number of rotatable bonds is 2. The SMILES string of the molecule is Cc1nc(Br)cc(Nc2c(F)cccc2Cl)n1. The highest BCUT2D eigenvalue weighted by molar-refractivity contribution is 9.10. The van der Waals surface area contributed by atoms with Gasteiger partial charge in [-0.15, -0.1) is 0 Å². The van der Waals surface area contributed by atoms with Gasteiger partial charge in [0.2, 0.25) is 0 Å². The summed E-state index contributed by atoms with van der Waals surface area (Å²) in [6, 6.07) is 6.13. The summed E-state index contributed by atoms with van der Waals surface area (Å²) >= 11 is 9.15. The van der Waals surface area contributed by atoms with Gasteiger partial charge in [-0.05, 0) is 35.0 Å². The third-order valence-corrected chi connectivity index (χ3v) is 2.74. The number of nitrogens with one attached hydrogen (secondary N) is 1. The first-order chi connectivity index (χ1) is 8.06. The van der Waals surface area contributed by atoms with Gasteiger partial charge in [-0.25, -0.2) is 14.4 Å². The maximum absolute atomic E-state index is 13.5. The Labute approximate surface area is 111 Å². The number of aromatic nitrogens is 2. The van der Waals surface area contributed by atoms with Crippen molar-refractivity contribution in [1.82, 2.24) is 9.97 Å². The van der Waals surface area contributed by atoms with Crippen molar-refractivity contribution >= 4 is 39.0 Å². The number of hydrogen-bond donors (Lipinski definition) is 1. The van der Waals surface area contributed by atoms with Crippen LogP contribution in [0.2, 0.25) is 5.02 Å². The second kappa shape index (κ2) is 4.98. The van der Waals surface area contributed by atoms with Crippen molar-refractivity contribution in [2.24, 2.45) is 0 Å². The first kappa shape index (κ1) is 12.3. The van der Waals surface area contributed by atoms with E-state index in [1.165, 1.54) is 6.07 Å². The van der Waals surface area contributed by atoms with E-state index in [0.29, 0.717) is 21.3 Å². The van der Waals surface area contributed by atoms with Crippen LogP contribution in [0.5, 0.6) is 0 Å². The van der Waals surface area contributed by atoms with E-state index in [0.717, 1.165) is 0 Å². The van der Waals surface area contributed by atoms with Gasteiger partial charge in [0.1, 0.15) is 22.1 Å². The van der Waals surface area contributed by atoms with Gasteiger partial charge in [-0.2, -0.15) is 0 Å². The summed E-state index contributed by atoms with van der Waals surface area (Å²) in [6.07, 6.45) is 0. The summed E-state index contributed by atoms with van der Waals surface area (Å²) in [5.74, 6) is 0.635. The zero-order chi connectivity index (χ0) is 12.4. The van der Waals surface area contributed by atoms with Crippen molar-refractivity contribution in [3.8, 4) is 0 Å². The lowest BCUT2D eigenvalue weighted by Crippen LogP contribution is -1.99. The summed E-state index contributed by atoms with van der Waals surface area (Å²) in [6.45, 7) is 1.75. The van der Waals surface area contributed by atoms with E-state index in [1.54, 1.807) is 25.1 Å². The fourth-order valence-electron chi connectivity index (χ4n) is 1.34. The van der Waals surface area contributed by atoms with E-state index in [9.17, 15) is 4.39 Å². The van der Waals surface area contributed by atoms with Gasteiger partial charge < -0.3 is 5.32 Å². The Hall–Kier alpha value is -1.20. The van der Waals surface area contributed by atoms with Crippen LogP contribution in [0.15, 0.2) is 28.9 Å². The molecule has 3 nitrogen and oxygen atoms in total. The minimum atomic E-state index is -0.426. The molecule has 0 aliphatic heterocycles. The van der Waals surface area contributed by atoms with E-state index in [1.807, 2.05) is 0 Å². The number of anilines is 2. The van der Waals surface area contributed by atoms with Crippen LogP contribution >= 0.6 is 27.5 Å². The molecule has 0 unspecified atom stereocenters. The zero-order valence-electron chi connectivity index (χ0n) is 8.84. The van der Waals surface area contributed by atoms with Crippen LogP contribution in [0.1, 0.15) is 5.82 Å². The number of nitrogens with zero attached hydrogens (tertiary/aromatic N) is 2. The molecule has 1 N–H and O–H groups in total. The lowest BCUT2D eigenvalue weighted by Gasteiger charge is -2.09. The lowest BCUT2D eigenvalue weighted by molar-refractivity contribution is 0.632. The van der Waals surface area contributed by atoms with Gasteiger partial charge in [-0.3, -0.25) is 0 Å². The van der Waals surface area contributed by atoms with Crippen molar-refractivity contribution < 1.29 is 4.39 Å². The van der Waals surface area contributed by atoms with Crippen molar-refractivity contribution in [3.63, 3.8) is 0 Å². The van der Waals surface area contributed by atoms with Gasteiger partial charge in [0.05, 0.1) is 10.7 Å². The van der Waals surface area contributed by atoms with Crippen molar-refractivity contribution in [1.29, 1.82) is 0 Å². The Morgan fingerprint density at radius 3 is 2.76 bits per heavy atom. The van der Waals surface area contributed by atoms with Crippen molar-refractivity contribution in [2.75, 3.05) is 5.32 Å². The molecular weight excluding hydrogens is 308 g/mol. The summed E-state index contributed by atoms with van der Waals surface area (Å²) in [5, 5.41) is 3.14. The number of benzene rings is 1. The molecule has 1 aromatic carbocycles. The minimum Gasteiger partial charge on any atom is -0.336 e. The predicted octanol–water partition coefficient (Wildman–Crippen LogP) is 4.08. The number of para-hydroxylation sites is 1. The molecule has 88 valence electrons. The predicted molar refractivity (Wildman–Crippen MR) is 69.2 cm³/mol. The molecule has 6 heteroatoms. The van der Waals surface area contributed by atoms with Crippen LogP contribution in [0, 0.1) is 12.7 Å². The van der Waals surface area contributed by atoms with Gasteiger partial charge >= 0.3 is 0 Å². The average molecular weight is 317 g/mol. The second-order valence-electron chi connectivity index (χ2n) is 3.34. The van der Waals surface area contributed by atoms with Crippen LogP contribution in [0.25, 0.3) is 0 Å². The summed E-state index contributed by atoms with van der Waals surface area (Å²) in [5.41, 5.74) is 0.208. The van der Waals surface area contributed by atoms with Crippen molar-refractivity contribution in [2.45, 2.75) is 6.92 Å². The molecule has 0 bridgehead atoms. The highest BCUT2D eigenvalue weighted by atomic mass is 79.9. The third kappa shape index (κ3) is 2.92. The Morgan fingerprint density at radius 2 is 2.12 bits per heavy atom. The van der Waals surface area contributed by atoms with E-state index in [2.05, 4.69) is 31.2 Å². The molecule has 0 saturated heterocycles. The maximum atomic E-state index is 13.5. The number of aryl methyl sites for hydroxylation is 1. The molecule has 2 aromatic rings. The normalized spacial score (nSPS) is 10.4. The molecule has 1 aromatic heterocycles.